The summed E-state index contributed by atoms with van der Waals surface area (Å²) in [6, 6.07) is 8.34. The number of nitrogens with one attached hydrogen (secondary N) is 1. The third-order valence-corrected chi connectivity index (χ3v) is 2.97. The molecule has 0 fully saturated rings. The van der Waals surface area contributed by atoms with Crippen molar-refractivity contribution in [3.63, 3.8) is 0 Å². The van der Waals surface area contributed by atoms with Crippen molar-refractivity contribution in [2.75, 3.05) is 46.2 Å². The molecule has 0 aliphatic heterocycles. The van der Waals surface area contributed by atoms with Crippen molar-refractivity contribution in [1.29, 1.82) is 0 Å². The molecule has 4 heteroatoms. The van der Waals surface area contributed by atoms with Gasteiger partial charge in [-0.2, -0.15) is 0 Å². The first-order chi connectivity index (χ1) is 8.99. The Bertz CT molecular complexity index is 385. The summed E-state index contributed by atoms with van der Waals surface area (Å²) in [5, 5.41) is 2.93. The van der Waals surface area contributed by atoms with Gasteiger partial charge in [-0.1, -0.05) is 12.1 Å². The molecule has 0 atom stereocenters. The van der Waals surface area contributed by atoms with Gasteiger partial charge < -0.3 is 15.1 Å². The van der Waals surface area contributed by atoms with E-state index >= 15 is 0 Å². The third kappa shape index (κ3) is 6.25. The van der Waals surface area contributed by atoms with E-state index in [-0.39, 0.29) is 5.91 Å². The summed E-state index contributed by atoms with van der Waals surface area (Å²) in [7, 11) is 8.04. The van der Waals surface area contributed by atoms with Gasteiger partial charge in [-0.05, 0) is 38.2 Å². The van der Waals surface area contributed by atoms with E-state index in [4.69, 9.17) is 0 Å². The van der Waals surface area contributed by atoms with Crippen molar-refractivity contribution in [1.82, 2.24) is 10.2 Å². The zero-order valence-electron chi connectivity index (χ0n) is 12.4. The van der Waals surface area contributed by atoms with Crippen LogP contribution in [0.3, 0.4) is 0 Å². The van der Waals surface area contributed by atoms with Crippen LogP contribution >= 0.6 is 0 Å². The summed E-state index contributed by atoms with van der Waals surface area (Å²) in [6.45, 7) is 1.59. The second-order valence-corrected chi connectivity index (χ2v) is 5.21. The molecule has 0 bridgehead atoms. The van der Waals surface area contributed by atoms with Crippen molar-refractivity contribution in [2.24, 2.45) is 0 Å². The lowest BCUT2D eigenvalue weighted by Gasteiger charge is -2.13. The minimum atomic E-state index is 0.124. The summed E-state index contributed by atoms with van der Waals surface area (Å²) in [6.07, 6.45) is 1.34. The molecule has 1 rings (SSSR count). The van der Waals surface area contributed by atoms with Gasteiger partial charge in [0.15, 0.2) is 0 Å². The van der Waals surface area contributed by atoms with Gasteiger partial charge in [0.05, 0.1) is 0 Å². The fourth-order valence-corrected chi connectivity index (χ4v) is 1.73. The zero-order chi connectivity index (χ0) is 14.3. The van der Waals surface area contributed by atoms with Crippen molar-refractivity contribution >= 4 is 11.6 Å². The predicted molar refractivity (Wildman–Crippen MR) is 80.7 cm³/mol. The first-order valence-electron chi connectivity index (χ1n) is 6.66. The van der Waals surface area contributed by atoms with Crippen LogP contribution in [0.2, 0.25) is 0 Å². The molecule has 0 spiro atoms. The number of anilines is 1. The fraction of sp³-hybridized carbons (Fsp3) is 0.533. The highest BCUT2D eigenvalue weighted by atomic mass is 16.1. The van der Waals surface area contributed by atoms with Gasteiger partial charge in [-0.15, -0.1) is 0 Å². The first-order valence-corrected chi connectivity index (χ1v) is 6.66. The monoisotopic (exact) mass is 263 g/mol. The molecule has 0 saturated heterocycles. The maximum absolute atomic E-state index is 11.6. The van der Waals surface area contributed by atoms with Gasteiger partial charge in [-0.3, -0.25) is 4.79 Å². The summed E-state index contributed by atoms with van der Waals surface area (Å²) < 4.78 is 0. The Kier molecular flexibility index (Phi) is 6.36. The van der Waals surface area contributed by atoms with E-state index in [1.807, 2.05) is 28.2 Å². The molecule has 0 aliphatic rings. The molecule has 0 heterocycles. The van der Waals surface area contributed by atoms with E-state index in [0.29, 0.717) is 13.0 Å². The van der Waals surface area contributed by atoms with Crippen LogP contribution in [-0.2, 0) is 11.2 Å². The second kappa shape index (κ2) is 7.79. The van der Waals surface area contributed by atoms with Gasteiger partial charge in [0.2, 0.25) is 5.91 Å². The Hall–Kier alpha value is -1.55. The van der Waals surface area contributed by atoms with Gasteiger partial charge >= 0.3 is 0 Å². The second-order valence-electron chi connectivity index (χ2n) is 5.21. The SMILES string of the molecule is CN(C)CCNC(=O)CCc1ccc(N(C)C)cc1. The van der Waals surface area contributed by atoms with E-state index in [2.05, 4.69) is 39.4 Å². The van der Waals surface area contributed by atoms with Crippen LogP contribution in [0, 0.1) is 0 Å². The number of hydrogen-bond donors (Lipinski definition) is 1. The molecule has 1 N–H and O–H groups in total. The van der Waals surface area contributed by atoms with E-state index in [1.54, 1.807) is 0 Å². The van der Waals surface area contributed by atoms with Crippen LogP contribution in [0.5, 0.6) is 0 Å². The molecular weight excluding hydrogens is 238 g/mol. The Labute approximate surface area is 116 Å². The lowest BCUT2D eigenvalue weighted by molar-refractivity contribution is -0.121. The number of hydrogen-bond acceptors (Lipinski definition) is 3. The first kappa shape index (κ1) is 15.5. The molecule has 0 saturated carbocycles. The van der Waals surface area contributed by atoms with E-state index in [9.17, 15) is 4.79 Å². The van der Waals surface area contributed by atoms with Crippen LogP contribution in [-0.4, -0.2) is 52.1 Å². The summed E-state index contributed by atoms with van der Waals surface area (Å²) in [5.41, 5.74) is 2.38. The number of likely N-dealkylation sites (N-methyl/N-ethyl adjacent to an activating group) is 1. The molecule has 1 aromatic rings. The quantitative estimate of drug-likeness (QED) is 0.807. The van der Waals surface area contributed by atoms with E-state index in [0.717, 1.165) is 13.0 Å². The summed E-state index contributed by atoms with van der Waals surface area (Å²) >= 11 is 0. The van der Waals surface area contributed by atoms with Gasteiger partial charge in [0.1, 0.15) is 0 Å². The predicted octanol–water partition coefficient (Wildman–Crippen LogP) is 1.36. The number of aryl methyl sites for hydroxylation is 1. The van der Waals surface area contributed by atoms with E-state index in [1.165, 1.54) is 11.3 Å². The highest BCUT2D eigenvalue weighted by Crippen LogP contribution is 2.13. The van der Waals surface area contributed by atoms with Crippen LogP contribution < -0.4 is 10.2 Å². The average Bonchev–Trinajstić information content (AvgIpc) is 2.36. The summed E-state index contributed by atoms with van der Waals surface area (Å²) in [4.78, 5) is 15.8. The number of benzene rings is 1. The van der Waals surface area contributed by atoms with Gasteiger partial charge in [0, 0.05) is 39.3 Å². The normalized spacial score (nSPS) is 10.6. The lowest BCUT2D eigenvalue weighted by atomic mass is 10.1. The molecule has 0 radical (unpaired) electrons. The molecule has 0 unspecified atom stereocenters. The number of amides is 1. The molecule has 1 amide bonds. The standard InChI is InChI=1S/C15H25N3O/c1-17(2)12-11-16-15(19)10-7-13-5-8-14(9-6-13)18(3)4/h5-6,8-9H,7,10-12H2,1-4H3,(H,16,19). The molecule has 0 aromatic heterocycles. The highest BCUT2D eigenvalue weighted by Gasteiger charge is 2.02. The Morgan fingerprint density at radius 3 is 2.26 bits per heavy atom. The van der Waals surface area contributed by atoms with Crippen molar-refractivity contribution in [3.05, 3.63) is 29.8 Å². The van der Waals surface area contributed by atoms with Crippen LogP contribution in [0.1, 0.15) is 12.0 Å². The largest absolute Gasteiger partial charge is 0.378 e. The average molecular weight is 263 g/mol. The molecule has 0 aliphatic carbocycles. The highest BCUT2D eigenvalue weighted by molar-refractivity contribution is 5.76. The molecular formula is C15H25N3O. The lowest BCUT2D eigenvalue weighted by Crippen LogP contribution is -2.31. The number of rotatable bonds is 7. The topological polar surface area (TPSA) is 35.6 Å². The summed E-state index contributed by atoms with van der Waals surface area (Å²) in [5.74, 6) is 0.124. The van der Waals surface area contributed by atoms with Gasteiger partial charge in [0.25, 0.3) is 0 Å². The van der Waals surface area contributed by atoms with Crippen LogP contribution in [0.15, 0.2) is 24.3 Å². The Morgan fingerprint density at radius 1 is 1.11 bits per heavy atom. The van der Waals surface area contributed by atoms with Crippen LogP contribution in [0.4, 0.5) is 5.69 Å². The molecule has 19 heavy (non-hydrogen) atoms. The maximum atomic E-state index is 11.6. The Balaban J connectivity index is 2.30. The zero-order valence-corrected chi connectivity index (χ0v) is 12.4. The fourth-order valence-electron chi connectivity index (χ4n) is 1.73. The van der Waals surface area contributed by atoms with Crippen molar-refractivity contribution in [2.45, 2.75) is 12.8 Å². The smallest absolute Gasteiger partial charge is 0.220 e. The minimum absolute atomic E-state index is 0.124. The maximum Gasteiger partial charge on any atom is 0.220 e. The van der Waals surface area contributed by atoms with Crippen molar-refractivity contribution in [3.8, 4) is 0 Å². The Morgan fingerprint density at radius 2 is 1.74 bits per heavy atom. The number of carbonyl (C=O) groups excluding carboxylic acids is 1. The third-order valence-electron chi connectivity index (χ3n) is 2.97. The molecule has 106 valence electrons. The van der Waals surface area contributed by atoms with Crippen molar-refractivity contribution < 1.29 is 4.79 Å². The van der Waals surface area contributed by atoms with Crippen LogP contribution in [0.25, 0.3) is 0 Å². The molecule has 1 aromatic carbocycles. The van der Waals surface area contributed by atoms with E-state index < -0.39 is 0 Å². The molecule has 4 nitrogen and oxygen atoms in total. The minimum Gasteiger partial charge on any atom is -0.378 e. The number of carbonyl (C=O) groups is 1. The number of nitrogens with zero attached hydrogens (tertiary/aromatic N) is 2. The van der Waals surface area contributed by atoms with Gasteiger partial charge in [-0.25, -0.2) is 0 Å².